The molecule has 0 saturated heterocycles. The molecule has 1 aliphatic rings. The summed E-state index contributed by atoms with van der Waals surface area (Å²) in [4.78, 5) is 12.6. The molecule has 2 nitrogen and oxygen atoms in total. The molecule has 2 aromatic rings. The molecule has 102 valence electrons. The normalized spacial score (nSPS) is 20.6. The summed E-state index contributed by atoms with van der Waals surface area (Å²) >= 11 is 0. The first kappa shape index (κ1) is 13.1. The maximum Gasteiger partial charge on any atom is 0.166 e. The first-order valence-corrected chi connectivity index (χ1v) is 7.18. The van der Waals surface area contributed by atoms with E-state index < -0.39 is 0 Å². The van der Waals surface area contributed by atoms with Crippen molar-refractivity contribution in [1.29, 1.82) is 0 Å². The third kappa shape index (κ3) is 2.52. The van der Waals surface area contributed by atoms with Crippen LogP contribution in [0.3, 0.4) is 0 Å². The third-order valence-electron chi connectivity index (χ3n) is 4.05. The molecule has 2 unspecified atom stereocenters. The lowest BCUT2D eigenvalue weighted by Gasteiger charge is -2.07. The average Bonchev–Trinajstić information content (AvgIpc) is 3.29. The van der Waals surface area contributed by atoms with E-state index in [4.69, 9.17) is 5.73 Å². The number of hydrogen-bond donors (Lipinski definition) is 1. The Balaban J connectivity index is 1.78. The van der Waals surface area contributed by atoms with Crippen molar-refractivity contribution in [3.63, 3.8) is 0 Å². The second-order valence-corrected chi connectivity index (χ2v) is 5.42. The second-order valence-electron chi connectivity index (χ2n) is 5.42. The Morgan fingerprint density at radius 3 is 2.50 bits per heavy atom. The Labute approximate surface area is 119 Å². The van der Waals surface area contributed by atoms with Crippen molar-refractivity contribution in [3.05, 3.63) is 71.3 Å². The molecular formula is C18H19NO. The van der Waals surface area contributed by atoms with Crippen LogP contribution in [-0.4, -0.2) is 12.3 Å². The maximum absolute atomic E-state index is 12.6. The predicted octanol–water partition coefficient (Wildman–Crippen LogP) is 3.17. The molecular weight excluding hydrogens is 246 g/mol. The highest BCUT2D eigenvalue weighted by atomic mass is 16.1. The molecule has 1 aliphatic carbocycles. The van der Waals surface area contributed by atoms with Crippen LogP contribution in [-0.2, 0) is 6.42 Å². The van der Waals surface area contributed by atoms with Gasteiger partial charge >= 0.3 is 0 Å². The van der Waals surface area contributed by atoms with Crippen molar-refractivity contribution in [2.24, 2.45) is 11.7 Å². The number of hydrogen-bond acceptors (Lipinski definition) is 2. The van der Waals surface area contributed by atoms with Crippen molar-refractivity contribution < 1.29 is 4.79 Å². The fourth-order valence-electron chi connectivity index (χ4n) is 2.89. The first-order chi connectivity index (χ1) is 9.81. The highest BCUT2D eigenvalue weighted by Crippen LogP contribution is 2.49. The number of carbonyl (C=O) groups is 1. The van der Waals surface area contributed by atoms with E-state index in [1.165, 1.54) is 5.56 Å². The quantitative estimate of drug-likeness (QED) is 0.844. The maximum atomic E-state index is 12.6. The van der Waals surface area contributed by atoms with Crippen LogP contribution in [0, 0.1) is 5.92 Å². The van der Waals surface area contributed by atoms with Gasteiger partial charge in [-0.1, -0.05) is 54.6 Å². The minimum absolute atomic E-state index is 0.149. The lowest BCUT2D eigenvalue weighted by atomic mass is 9.97. The van der Waals surface area contributed by atoms with Crippen LogP contribution in [0.1, 0.15) is 33.8 Å². The molecule has 0 heterocycles. The molecule has 2 heteroatoms. The molecule has 0 aliphatic heterocycles. The summed E-state index contributed by atoms with van der Waals surface area (Å²) in [5.74, 6) is 0.828. The highest BCUT2D eigenvalue weighted by Gasteiger charge is 2.44. The molecule has 2 aromatic carbocycles. The van der Waals surface area contributed by atoms with Gasteiger partial charge in [-0.3, -0.25) is 4.79 Å². The fourth-order valence-corrected chi connectivity index (χ4v) is 2.89. The number of benzene rings is 2. The van der Waals surface area contributed by atoms with Gasteiger partial charge < -0.3 is 5.73 Å². The lowest BCUT2D eigenvalue weighted by Crippen LogP contribution is -2.10. The SMILES string of the molecule is NCCc1ccccc1C(=O)C1CC1c1ccccc1. The number of ketones is 1. The van der Waals surface area contributed by atoms with Gasteiger partial charge in [0.15, 0.2) is 5.78 Å². The smallest absolute Gasteiger partial charge is 0.166 e. The van der Waals surface area contributed by atoms with Gasteiger partial charge in [-0.25, -0.2) is 0 Å². The lowest BCUT2D eigenvalue weighted by molar-refractivity contribution is 0.0964. The fraction of sp³-hybridized carbons (Fsp3) is 0.278. The molecule has 0 radical (unpaired) electrons. The number of rotatable bonds is 5. The van der Waals surface area contributed by atoms with E-state index in [9.17, 15) is 4.79 Å². The molecule has 2 N–H and O–H groups in total. The van der Waals surface area contributed by atoms with Crippen LogP contribution in [0.25, 0.3) is 0 Å². The summed E-state index contributed by atoms with van der Waals surface area (Å²) in [5.41, 5.74) is 8.85. The van der Waals surface area contributed by atoms with Crippen molar-refractivity contribution in [2.45, 2.75) is 18.8 Å². The molecule has 1 fully saturated rings. The minimum atomic E-state index is 0.149. The van der Waals surface area contributed by atoms with Crippen molar-refractivity contribution in [3.8, 4) is 0 Å². The van der Waals surface area contributed by atoms with Gasteiger partial charge in [0.1, 0.15) is 0 Å². The Bertz CT molecular complexity index is 606. The van der Waals surface area contributed by atoms with Gasteiger partial charge in [-0.15, -0.1) is 0 Å². The second kappa shape index (κ2) is 5.59. The van der Waals surface area contributed by atoms with Crippen molar-refractivity contribution in [2.75, 3.05) is 6.54 Å². The van der Waals surface area contributed by atoms with E-state index in [0.717, 1.165) is 24.0 Å². The van der Waals surface area contributed by atoms with Crippen LogP contribution in [0.4, 0.5) is 0 Å². The predicted molar refractivity (Wildman–Crippen MR) is 80.8 cm³/mol. The molecule has 20 heavy (non-hydrogen) atoms. The summed E-state index contributed by atoms with van der Waals surface area (Å²) < 4.78 is 0. The zero-order valence-corrected chi connectivity index (χ0v) is 11.5. The Morgan fingerprint density at radius 1 is 1.05 bits per heavy atom. The topological polar surface area (TPSA) is 43.1 Å². The minimum Gasteiger partial charge on any atom is -0.330 e. The van der Waals surface area contributed by atoms with Gasteiger partial charge in [-0.05, 0) is 36.4 Å². The van der Waals surface area contributed by atoms with Crippen molar-refractivity contribution in [1.82, 2.24) is 0 Å². The average molecular weight is 265 g/mol. The van der Waals surface area contributed by atoms with E-state index in [0.29, 0.717) is 12.5 Å². The standard InChI is InChI=1S/C18H19NO/c19-11-10-14-8-4-5-9-15(14)18(20)17-12-16(17)13-6-2-1-3-7-13/h1-9,16-17H,10-12,19H2. The van der Waals surface area contributed by atoms with Crippen LogP contribution in [0.15, 0.2) is 54.6 Å². The third-order valence-corrected chi connectivity index (χ3v) is 4.05. The van der Waals surface area contributed by atoms with Crippen LogP contribution in [0.2, 0.25) is 0 Å². The van der Waals surface area contributed by atoms with E-state index in [-0.39, 0.29) is 11.7 Å². The molecule has 1 saturated carbocycles. The van der Waals surface area contributed by atoms with E-state index in [1.807, 2.05) is 42.5 Å². The number of carbonyl (C=O) groups excluding carboxylic acids is 1. The molecule has 2 atom stereocenters. The van der Waals surface area contributed by atoms with Crippen molar-refractivity contribution >= 4 is 5.78 Å². The molecule has 0 aromatic heterocycles. The zero-order chi connectivity index (χ0) is 13.9. The van der Waals surface area contributed by atoms with Gasteiger partial charge in [0.05, 0.1) is 0 Å². The number of Topliss-reactive ketones (excluding diaryl/α,β-unsaturated/α-hetero) is 1. The largest absolute Gasteiger partial charge is 0.330 e. The summed E-state index contributed by atoms with van der Waals surface area (Å²) in [5, 5.41) is 0. The van der Waals surface area contributed by atoms with E-state index in [1.54, 1.807) is 0 Å². The zero-order valence-electron chi connectivity index (χ0n) is 11.5. The summed E-state index contributed by atoms with van der Waals surface area (Å²) in [7, 11) is 0. The molecule has 0 spiro atoms. The van der Waals surface area contributed by atoms with Gasteiger partial charge in [0, 0.05) is 11.5 Å². The van der Waals surface area contributed by atoms with Crippen LogP contribution in [0.5, 0.6) is 0 Å². The van der Waals surface area contributed by atoms with Gasteiger partial charge in [-0.2, -0.15) is 0 Å². The molecule has 3 rings (SSSR count). The summed E-state index contributed by atoms with van der Waals surface area (Å²) in [6.45, 7) is 0.580. The summed E-state index contributed by atoms with van der Waals surface area (Å²) in [6.07, 6.45) is 1.74. The molecule has 0 amide bonds. The Kier molecular flexibility index (Phi) is 3.66. The van der Waals surface area contributed by atoms with Gasteiger partial charge in [0.2, 0.25) is 0 Å². The Hall–Kier alpha value is -1.93. The van der Waals surface area contributed by atoms with E-state index >= 15 is 0 Å². The highest BCUT2D eigenvalue weighted by molar-refractivity contribution is 6.01. The number of nitrogens with two attached hydrogens (primary N) is 1. The van der Waals surface area contributed by atoms with Crippen LogP contribution < -0.4 is 5.73 Å². The monoisotopic (exact) mass is 265 g/mol. The van der Waals surface area contributed by atoms with Gasteiger partial charge in [0.25, 0.3) is 0 Å². The van der Waals surface area contributed by atoms with E-state index in [2.05, 4.69) is 12.1 Å². The first-order valence-electron chi connectivity index (χ1n) is 7.18. The van der Waals surface area contributed by atoms with Crippen LogP contribution >= 0.6 is 0 Å². The molecule has 0 bridgehead atoms. The summed E-state index contributed by atoms with van der Waals surface area (Å²) in [6, 6.07) is 18.2. The Morgan fingerprint density at radius 2 is 1.75 bits per heavy atom.